The second-order valence-electron chi connectivity index (χ2n) is 17.8. The number of phenolic OH excluding ortho intramolecular Hbond substituents is 1. The molecule has 0 spiro atoms. The molecule has 14 heteroatoms. The molecule has 7 N–H and O–H groups in total. The van der Waals surface area contributed by atoms with Gasteiger partial charge in [-0.1, -0.05) is 80.9 Å². The van der Waals surface area contributed by atoms with Crippen LogP contribution in [0.1, 0.15) is 82.1 Å². The summed E-state index contributed by atoms with van der Waals surface area (Å²) in [7, 11) is -0.727. The highest BCUT2D eigenvalue weighted by molar-refractivity contribution is 6.74. The van der Waals surface area contributed by atoms with Crippen LogP contribution in [0.3, 0.4) is 0 Å². The molecule has 4 aromatic carbocycles. The number of carboxylic acid groups (broad SMARTS) is 1. The van der Waals surface area contributed by atoms with Gasteiger partial charge in [-0.3, -0.25) is 14.5 Å². The summed E-state index contributed by atoms with van der Waals surface area (Å²) < 4.78 is 12.7. The molecule has 6 rings (SSSR count). The van der Waals surface area contributed by atoms with Crippen molar-refractivity contribution in [3.8, 4) is 22.6 Å². The van der Waals surface area contributed by atoms with Crippen LogP contribution in [-0.2, 0) is 22.2 Å². The van der Waals surface area contributed by atoms with Gasteiger partial charge in [-0.2, -0.15) is 0 Å². The number of halogens is 1. The summed E-state index contributed by atoms with van der Waals surface area (Å²) in [4.78, 5) is 42.5. The standard InChI is InChI=1S/C48H60ClN5O7Si/c1-48(2,3)62(5,6)61-43(36-21-23-41(55)46-37(36)22-24-45(57)53-46)29-51-28-32-26-38(49)39(27-42(32)60-4)52-44(56)14-10-11-30-15-20-35(31-12-8-7-9-13-31)40(25-30)54(47(58)59)34-18-16-33(50)17-19-34/h7-9,12-13,15,20-27,33-34,43,51,55H,10-11,14,16-19,28-29,50H2,1-6H3,(H,52,56)(H,53,57)(H,58,59). The van der Waals surface area contributed by atoms with Gasteiger partial charge in [0.1, 0.15) is 11.5 Å². The Morgan fingerprint density at radius 3 is 2.40 bits per heavy atom. The molecule has 12 nitrogen and oxygen atoms in total. The van der Waals surface area contributed by atoms with Crippen molar-refractivity contribution in [3.05, 3.63) is 117 Å². The van der Waals surface area contributed by atoms with E-state index in [0.717, 1.165) is 40.7 Å². The Hall–Kier alpha value is -5.18. The number of carbonyl (C=O) groups is 2. The molecule has 1 aliphatic carbocycles. The number of aromatic amines is 1. The van der Waals surface area contributed by atoms with Gasteiger partial charge in [0.15, 0.2) is 8.32 Å². The van der Waals surface area contributed by atoms with Crippen LogP contribution < -0.4 is 31.6 Å². The Bertz CT molecular complexity index is 2430. The minimum absolute atomic E-state index is 0.0138. The minimum atomic E-state index is -2.29. The van der Waals surface area contributed by atoms with Crippen LogP contribution in [0.25, 0.3) is 22.0 Å². The number of aromatic hydroxyl groups is 1. The topological polar surface area (TPSA) is 179 Å². The van der Waals surface area contributed by atoms with Crippen LogP contribution in [0.5, 0.6) is 11.5 Å². The van der Waals surface area contributed by atoms with Gasteiger partial charge in [-0.25, -0.2) is 4.79 Å². The summed E-state index contributed by atoms with van der Waals surface area (Å²) >= 11 is 6.78. The minimum Gasteiger partial charge on any atom is -0.506 e. The number of carbonyl (C=O) groups excluding carboxylic acids is 1. The Kier molecular flexibility index (Phi) is 14.9. The zero-order valence-electron chi connectivity index (χ0n) is 36.5. The van der Waals surface area contributed by atoms with E-state index in [1.54, 1.807) is 31.4 Å². The Balaban J connectivity index is 1.13. The molecule has 2 amide bonds. The lowest BCUT2D eigenvalue weighted by atomic mass is 9.89. The molecular formula is C48H60ClN5O7Si. The zero-order chi connectivity index (χ0) is 44.8. The molecule has 5 aromatic rings. The van der Waals surface area contributed by atoms with E-state index < -0.39 is 20.5 Å². The van der Waals surface area contributed by atoms with Gasteiger partial charge in [0.05, 0.1) is 35.1 Å². The molecule has 1 aromatic heterocycles. The van der Waals surface area contributed by atoms with Gasteiger partial charge in [-0.15, -0.1) is 0 Å². The maximum atomic E-state index is 13.3. The number of methoxy groups -OCH3 is 1. The average molecular weight is 883 g/mol. The van der Waals surface area contributed by atoms with Crippen molar-refractivity contribution in [2.45, 2.75) is 109 Å². The molecule has 330 valence electrons. The zero-order valence-corrected chi connectivity index (χ0v) is 38.3. The number of H-pyrrole nitrogens is 1. The van der Waals surface area contributed by atoms with Crippen molar-refractivity contribution in [3.63, 3.8) is 0 Å². The molecule has 0 bridgehead atoms. The predicted molar refractivity (Wildman–Crippen MR) is 251 cm³/mol. The number of nitrogens with two attached hydrogens (primary N) is 1. The highest BCUT2D eigenvalue weighted by Gasteiger charge is 2.40. The molecule has 1 fully saturated rings. The maximum Gasteiger partial charge on any atom is 0.412 e. The smallest absolute Gasteiger partial charge is 0.412 e. The fourth-order valence-corrected chi connectivity index (χ4v) is 9.43. The Morgan fingerprint density at radius 1 is 1.00 bits per heavy atom. The first-order chi connectivity index (χ1) is 29.4. The Morgan fingerprint density at radius 2 is 1.73 bits per heavy atom. The quantitative estimate of drug-likeness (QED) is 0.0526. The lowest BCUT2D eigenvalue weighted by Gasteiger charge is -2.39. The van der Waals surface area contributed by atoms with Crippen LogP contribution in [0.2, 0.25) is 23.2 Å². The van der Waals surface area contributed by atoms with Gasteiger partial charge in [0.25, 0.3) is 0 Å². The summed E-state index contributed by atoms with van der Waals surface area (Å²) in [5.74, 6) is 0.320. The number of aromatic nitrogens is 1. The number of benzene rings is 4. The second kappa shape index (κ2) is 19.9. The van der Waals surface area contributed by atoms with Crippen LogP contribution in [0, 0.1) is 0 Å². The van der Waals surface area contributed by atoms with Gasteiger partial charge in [0, 0.05) is 60.2 Å². The first kappa shape index (κ1) is 46.3. The number of hydrogen-bond donors (Lipinski definition) is 6. The van der Waals surface area contributed by atoms with Crippen molar-refractivity contribution >= 4 is 54.2 Å². The molecule has 0 aliphatic heterocycles. The average Bonchev–Trinajstić information content (AvgIpc) is 3.22. The highest BCUT2D eigenvalue weighted by atomic mass is 35.5. The van der Waals surface area contributed by atoms with Gasteiger partial charge >= 0.3 is 6.09 Å². The van der Waals surface area contributed by atoms with Crippen molar-refractivity contribution < 1.29 is 29.0 Å². The Labute approximate surface area is 369 Å². The van der Waals surface area contributed by atoms with E-state index in [1.165, 1.54) is 11.0 Å². The molecule has 1 atom stereocenters. The number of fused-ring (bicyclic) bond motifs is 1. The monoisotopic (exact) mass is 881 g/mol. The van der Waals surface area contributed by atoms with E-state index in [0.29, 0.717) is 71.8 Å². The number of nitrogens with zero attached hydrogens (tertiary/aromatic N) is 1. The third kappa shape index (κ3) is 11.1. The summed E-state index contributed by atoms with van der Waals surface area (Å²) in [6.07, 6.45) is 2.87. The second-order valence-corrected chi connectivity index (χ2v) is 22.9. The summed E-state index contributed by atoms with van der Waals surface area (Å²) in [5.41, 5.74) is 11.6. The number of hydrogen-bond acceptors (Lipinski definition) is 8. The lowest BCUT2D eigenvalue weighted by Crippen LogP contribution is -2.44. The fourth-order valence-electron chi connectivity index (χ4n) is 7.92. The first-order valence-electron chi connectivity index (χ1n) is 21.3. The molecule has 0 radical (unpaired) electrons. The molecule has 1 heterocycles. The highest BCUT2D eigenvalue weighted by Crippen LogP contribution is 2.42. The van der Waals surface area contributed by atoms with Crippen LogP contribution in [-0.4, -0.2) is 61.3 Å². The van der Waals surface area contributed by atoms with Gasteiger partial charge < -0.3 is 40.7 Å². The normalized spacial score (nSPS) is 16.2. The van der Waals surface area contributed by atoms with Gasteiger partial charge in [0.2, 0.25) is 11.5 Å². The molecule has 1 saturated carbocycles. The SMILES string of the molecule is COc1cc(NC(=O)CCCc2ccc(-c3ccccc3)c(N(C(=O)O)C3CCC(N)CC3)c2)c(Cl)cc1CNCC(O[Si](C)(C)C(C)(C)C)c1ccc(O)c2[nH]c(=O)ccc12. The van der Waals surface area contributed by atoms with Crippen molar-refractivity contribution in [1.82, 2.24) is 10.3 Å². The number of anilines is 2. The number of aryl methyl sites for hydroxylation is 1. The molecule has 62 heavy (non-hydrogen) atoms. The lowest BCUT2D eigenvalue weighted by molar-refractivity contribution is -0.116. The maximum absolute atomic E-state index is 13.3. The number of rotatable bonds is 16. The third-order valence-corrected chi connectivity index (χ3v) is 17.2. The number of pyridine rings is 1. The van der Waals surface area contributed by atoms with Crippen LogP contribution >= 0.6 is 11.6 Å². The summed E-state index contributed by atoms with van der Waals surface area (Å²) in [6.45, 7) is 11.7. The summed E-state index contributed by atoms with van der Waals surface area (Å²) in [6, 6.07) is 25.7. The first-order valence-corrected chi connectivity index (χ1v) is 24.6. The molecule has 0 saturated heterocycles. The van der Waals surface area contributed by atoms with Crippen molar-refractivity contribution in [2.75, 3.05) is 23.9 Å². The van der Waals surface area contributed by atoms with Gasteiger partial charge in [-0.05, 0) is 97.6 Å². The van der Waals surface area contributed by atoms with E-state index in [2.05, 4.69) is 49.5 Å². The van der Waals surface area contributed by atoms with E-state index in [1.807, 2.05) is 54.6 Å². The van der Waals surface area contributed by atoms with E-state index in [4.69, 9.17) is 26.5 Å². The summed E-state index contributed by atoms with van der Waals surface area (Å²) in [5, 5.41) is 28.5. The van der Waals surface area contributed by atoms with Crippen LogP contribution in [0.15, 0.2) is 89.7 Å². The van der Waals surface area contributed by atoms with Crippen molar-refractivity contribution in [2.24, 2.45) is 5.73 Å². The van der Waals surface area contributed by atoms with Crippen LogP contribution in [0.4, 0.5) is 16.2 Å². The number of nitrogens with one attached hydrogen (secondary N) is 3. The van der Waals surface area contributed by atoms with E-state index >= 15 is 0 Å². The molecule has 1 aliphatic rings. The van der Waals surface area contributed by atoms with E-state index in [-0.39, 0.29) is 40.8 Å². The number of phenols is 1. The third-order valence-electron chi connectivity index (χ3n) is 12.4. The predicted octanol–water partition coefficient (Wildman–Crippen LogP) is 10.1. The molecular weight excluding hydrogens is 822 g/mol. The largest absolute Gasteiger partial charge is 0.506 e. The number of amides is 2. The fraction of sp³-hybridized carbons (Fsp3) is 0.396. The van der Waals surface area contributed by atoms with E-state index in [9.17, 15) is 24.6 Å². The van der Waals surface area contributed by atoms with Crippen molar-refractivity contribution in [1.29, 1.82) is 0 Å². The number of ether oxygens (including phenoxy) is 1. The molecule has 1 unspecified atom stereocenters.